The summed E-state index contributed by atoms with van der Waals surface area (Å²) in [7, 11) is 0. The first-order chi connectivity index (χ1) is 11.7. The van der Waals surface area contributed by atoms with Crippen molar-refractivity contribution >= 4 is 29.3 Å². The van der Waals surface area contributed by atoms with Gasteiger partial charge in [0, 0.05) is 23.2 Å². The van der Waals surface area contributed by atoms with Crippen LogP contribution in [0.1, 0.15) is 32.6 Å². The normalized spacial score (nSPS) is 17.9. The zero-order valence-electron chi connectivity index (χ0n) is 13.6. The van der Waals surface area contributed by atoms with E-state index in [0.29, 0.717) is 27.9 Å². The van der Waals surface area contributed by atoms with Crippen LogP contribution in [0.25, 0.3) is 11.5 Å². The first-order valence-electron chi connectivity index (χ1n) is 8.19. The lowest BCUT2D eigenvalue weighted by atomic mass is 10.0. The van der Waals surface area contributed by atoms with Crippen molar-refractivity contribution in [3.05, 3.63) is 29.3 Å². The van der Waals surface area contributed by atoms with E-state index in [9.17, 15) is 4.79 Å². The van der Waals surface area contributed by atoms with Gasteiger partial charge in [0.15, 0.2) is 0 Å². The zero-order chi connectivity index (χ0) is 16.9. The average Bonchev–Trinajstić information content (AvgIpc) is 3.08. The number of carbonyl (C=O) groups excluding carboxylic acids is 1. The lowest BCUT2D eigenvalue weighted by Crippen LogP contribution is -2.44. The molecule has 1 fully saturated rings. The van der Waals surface area contributed by atoms with Crippen LogP contribution in [-0.2, 0) is 4.79 Å². The van der Waals surface area contributed by atoms with Crippen molar-refractivity contribution in [1.29, 1.82) is 0 Å². The number of aromatic nitrogens is 2. The van der Waals surface area contributed by atoms with Crippen LogP contribution in [0, 0.1) is 0 Å². The Morgan fingerprint density at radius 1 is 1.42 bits per heavy atom. The van der Waals surface area contributed by atoms with Gasteiger partial charge < -0.3 is 9.32 Å². The topological polar surface area (TPSA) is 59.2 Å². The molecule has 128 valence electrons. The lowest BCUT2D eigenvalue weighted by molar-refractivity contribution is -0.132. The van der Waals surface area contributed by atoms with Crippen molar-refractivity contribution in [2.45, 2.75) is 43.9 Å². The number of likely N-dealkylation sites (tertiary alicyclic amines) is 1. The van der Waals surface area contributed by atoms with Crippen molar-refractivity contribution in [2.75, 3.05) is 12.3 Å². The van der Waals surface area contributed by atoms with Crippen LogP contribution in [0.4, 0.5) is 0 Å². The molecule has 3 rings (SSSR count). The van der Waals surface area contributed by atoms with Gasteiger partial charge in [-0.2, -0.15) is 0 Å². The van der Waals surface area contributed by atoms with E-state index in [1.807, 2.05) is 17.0 Å². The zero-order valence-corrected chi connectivity index (χ0v) is 15.1. The summed E-state index contributed by atoms with van der Waals surface area (Å²) in [6.45, 7) is 2.99. The summed E-state index contributed by atoms with van der Waals surface area (Å²) in [4.78, 5) is 14.5. The number of amides is 1. The molecule has 24 heavy (non-hydrogen) atoms. The van der Waals surface area contributed by atoms with Gasteiger partial charge in [0.25, 0.3) is 5.22 Å². The molecule has 0 unspecified atom stereocenters. The highest BCUT2D eigenvalue weighted by Gasteiger charge is 2.25. The fourth-order valence-electron chi connectivity index (χ4n) is 2.97. The Labute approximate surface area is 150 Å². The number of benzene rings is 1. The predicted octanol–water partition coefficient (Wildman–Crippen LogP) is 4.27. The van der Waals surface area contributed by atoms with E-state index in [-0.39, 0.29) is 5.91 Å². The number of hydrogen-bond donors (Lipinski definition) is 0. The molecule has 1 amide bonds. The molecular weight excluding hydrogens is 346 g/mol. The summed E-state index contributed by atoms with van der Waals surface area (Å²) in [5.41, 5.74) is 0.773. The average molecular weight is 366 g/mol. The van der Waals surface area contributed by atoms with Gasteiger partial charge in [-0.3, -0.25) is 4.79 Å². The third kappa shape index (κ3) is 4.11. The van der Waals surface area contributed by atoms with Gasteiger partial charge in [-0.1, -0.05) is 36.4 Å². The lowest BCUT2D eigenvalue weighted by Gasteiger charge is -2.35. The van der Waals surface area contributed by atoms with Crippen molar-refractivity contribution < 1.29 is 9.21 Å². The number of halogens is 1. The van der Waals surface area contributed by atoms with Gasteiger partial charge in [-0.25, -0.2) is 0 Å². The molecule has 2 heterocycles. The molecule has 1 aliphatic rings. The van der Waals surface area contributed by atoms with Crippen LogP contribution in [0.2, 0.25) is 5.02 Å². The van der Waals surface area contributed by atoms with Crippen LogP contribution in [0.3, 0.4) is 0 Å². The second kappa shape index (κ2) is 8.03. The van der Waals surface area contributed by atoms with Crippen molar-refractivity contribution in [3.63, 3.8) is 0 Å². The first kappa shape index (κ1) is 17.3. The molecule has 0 aliphatic carbocycles. The minimum absolute atomic E-state index is 0.147. The quantitative estimate of drug-likeness (QED) is 0.740. The Morgan fingerprint density at radius 2 is 2.29 bits per heavy atom. The number of carbonyl (C=O) groups is 1. The van der Waals surface area contributed by atoms with Gasteiger partial charge in [0.2, 0.25) is 11.8 Å². The Kier molecular flexibility index (Phi) is 5.79. The standard InChI is InChI=1S/C17H20ClN3O2S/c1-2-14-8-3-4-9-21(14)15(22)11-24-17-20-19-16(23-17)12-6-5-7-13(18)10-12/h5-7,10,14H,2-4,8-9,11H2,1H3/t14-/m0/s1. The van der Waals surface area contributed by atoms with Crippen LogP contribution >= 0.6 is 23.4 Å². The smallest absolute Gasteiger partial charge is 0.277 e. The Balaban J connectivity index is 1.60. The van der Waals surface area contributed by atoms with Crippen molar-refractivity contribution in [3.8, 4) is 11.5 Å². The molecule has 0 spiro atoms. The molecule has 7 heteroatoms. The van der Waals surface area contributed by atoms with Crippen LogP contribution in [0.15, 0.2) is 33.9 Å². The number of piperidine rings is 1. The summed E-state index contributed by atoms with van der Waals surface area (Å²) in [6.07, 6.45) is 4.41. The second-order valence-corrected chi connectivity index (χ2v) is 7.18. The molecule has 0 bridgehead atoms. The van der Waals surface area contributed by atoms with Gasteiger partial charge in [-0.15, -0.1) is 10.2 Å². The van der Waals surface area contributed by atoms with Crippen molar-refractivity contribution in [2.24, 2.45) is 0 Å². The van der Waals surface area contributed by atoms with Crippen molar-refractivity contribution in [1.82, 2.24) is 15.1 Å². The highest BCUT2D eigenvalue weighted by molar-refractivity contribution is 7.99. The third-order valence-electron chi connectivity index (χ3n) is 4.22. The fraction of sp³-hybridized carbons (Fsp3) is 0.471. The summed E-state index contributed by atoms with van der Waals surface area (Å²) < 4.78 is 5.63. The van der Waals surface area contributed by atoms with E-state index < -0.39 is 0 Å². The molecule has 2 aromatic rings. The molecule has 0 radical (unpaired) electrons. The van der Waals surface area contributed by atoms with Crippen LogP contribution in [0.5, 0.6) is 0 Å². The monoisotopic (exact) mass is 365 g/mol. The molecule has 0 N–H and O–H groups in total. The van der Waals surface area contributed by atoms with E-state index >= 15 is 0 Å². The van der Waals surface area contributed by atoms with E-state index in [0.717, 1.165) is 31.4 Å². The third-order valence-corrected chi connectivity index (χ3v) is 5.25. The molecule has 1 aromatic heterocycles. The fourth-order valence-corrected chi connectivity index (χ4v) is 3.81. The number of rotatable bonds is 5. The number of hydrogen-bond acceptors (Lipinski definition) is 5. The Bertz CT molecular complexity index is 707. The largest absolute Gasteiger partial charge is 0.411 e. The number of thioether (sulfide) groups is 1. The summed E-state index contributed by atoms with van der Waals surface area (Å²) in [5, 5.41) is 9.06. The molecule has 5 nitrogen and oxygen atoms in total. The molecular formula is C17H20ClN3O2S. The Morgan fingerprint density at radius 3 is 3.08 bits per heavy atom. The maximum atomic E-state index is 12.5. The first-order valence-corrected chi connectivity index (χ1v) is 9.55. The minimum Gasteiger partial charge on any atom is -0.411 e. The summed E-state index contributed by atoms with van der Waals surface area (Å²) in [6, 6.07) is 7.63. The highest BCUT2D eigenvalue weighted by Crippen LogP contribution is 2.26. The summed E-state index contributed by atoms with van der Waals surface area (Å²) >= 11 is 7.26. The SMILES string of the molecule is CC[C@H]1CCCCN1C(=O)CSc1nnc(-c2cccc(Cl)c2)o1. The van der Waals surface area contributed by atoms with E-state index in [1.165, 1.54) is 18.2 Å². The van der Waals surface area contributed by atoms with Gasteiger partial charge in [-0.05, 0) is 43.9 Å². The Hall–Kier alpha value is -1.53. The molecule has 1 aliphatic heterocycles. The second-order valence-electron chi connectivity index (χ2n) is 5.82. The highest BCUT2D eigenvalue weighted by atomic mass is 35.5. The molecule has 1 atom stereocenters. The van der Waals surface area contributed by atoms with Crippen LogP contribution < -0.4 is 0 Å². The molecule has 1 saturated heterocycles. The predicted molar refractivity (Wildman–Crippen MR) is 95.1 cm³/mol. The molecule has 1 aromatic carbocycles. The number of nitrogens with zero attached hydrogens (tertiary/aromatic N) is 3. The maximum absolute atomic E-state index is 12.5. The van der Waals surface area contributed by atoms with Gasteiger partial charge in [0.05, 0.1) is 5.75 Å². The van der Waals surface area contributed by atoms with Crippen LogP contribution in [-0.4, -0.2) is 39.3 Å². The molecule has 0 saturated carbocycles. The van der Waals surface area contributed by atoms with E-state index in [4.69, 9.17) is 16.0 Å². The minimum atomic E-state index is 0.147. The van der Waals surface area contributed by atoms with Gasteiger partial charge in [0.1, 0.15) is 0 Å². The summed E-state index contributed by atoms with van der Waals surface area (Å²) in [5.74, 6) is 0.888. The van der Waals surface area contributed by atoms with E-state index in [2.05, 4.69) is 17.1 Å². The maximum Gasteiger partial charge on any atom is 0.277 e. The van der Waals surface area contributed by atoms with Gasteiger partial charge >= 0.3 is 0 Å². The van der Waals surface area contributed by atoms with E-state index in [1.54, 1.807) is 12.1 Å².